The highest BCUT2D eigenvalue weighted by Gasteiger charge is 2.26. The van der Waals surface area contributed by atoms with Gasteiger partial charge in [-0.15, -0.1) is 0 Å². The third-order valence-corrected chi connectivity index (χ3v) is 7.32. The predicted octanol–water partition coefficient (Wildman–Crippen LogP) is 6.25. The highest BCUT2D eigenvalue weighted by molar-refractivity contribution is 7.98. The molecule has 1 atom stereocenters. The minimum absolute atomic E-state index is 0.0804. The number of halogens is 2. The van der Waals surface area contributed by atoms with Crippen LogP contribution in [0.4, 0.5) is 0 Å². The number of aromatic nitrogens is 4. The molecule has 0 spiro atoms. The largest absolute Gasteiger partial charge is 0.491 e. The fourth-order valence-electron chi connectivity index (χ4n) is 4.14. The Morgan fingerprint density at radius 1 is 0.929 bits per heavy atom. The van der Waals surface area contributed by atoms with E-state index in [1.807, 2.05) is 60.9 Å². The molecule has 5 rings (SSSR count). The zero-order valence-electron chi connectivity index (χ0n) is 22.3. The Bertz CT molecular complexity index is 1660. The van der Waals surface area contributed by atoms with Crippen molar-refractivity contribution >= 4 is 35.0 Å². The predicted molar refractivity (Wildman–Crippen MR) is 162 cm³/mol. The molecule has 0 unspecified atom stereocenters. The molecule has 5 aromatic rings. The van der Waals surface area contributed by atoms with Crippen molar-refractivity contribution in [1.82, 2.24) is 19.7 Å². The molecule has 42 heavy (non-hydrogen) atoms. The highest BCUT2D eigenvalue weighted by Crippen LogP contribution is 2.42. The summed E-state index contributed by atoms with van der Waals surface area (Å²) < 4.78 is 12.4. The first-order chi connectivity index (χ1) is 20.4. The van der Waals surface area contributed by atoms with Gasteiger partial charge >= 0.3 is 0 Å². The van der Waals surface area contributed by atoms with Gasteiger partial charge in [0.25, 0.3) is 0 Å². The van der Waals surface area contributed by atoms with Gasteiger partial charge in [-0.1, -0.05) is 77.4 Å². The number of ether oxygens (including phenoxy) is 2. The van der Waals surface area contributed by atoms with Crippen molar-refractivity contribution < 1.29 is 24.9 Å². The number of aliphatic hydroxyl groups excluding tert-OH is 2. The number of hydrogen-bond acceptors (Lipinski definition) is 9. The standard InChI is InChI=1S/C30H26Cl2N4O5S/c1-42-30-33-11-10-25(34-30)28-27(19-8-5-9-21(12-19)40-16-18-6-3-2-4-7-18)35-29(36(28)39)26-23(31)13-22(14-24(26)32)41-17-20(38)15-37/h2-14,20,37-39H,15-17H2,1H3/t20-/m1/s1. The zero-order chi connectivity index (χ0) is 29.6. The summed E-state index contributed by atoms with van der Waals surface area (Å²) in [6.07, 6.45) is 2.41. The van der Waals surface area contributed by atoms with Crippen molar-refractivity contribution in [1.29, 1.82) is 0 Å². The first-order valence-electron chi connectivity index (χ1n) is 12.8. The summed E-state index contributed by atoms with van der Waals surface area (Å²) in [4.78, 5) is 13.6. The molecule has 0 bridgehead atoms. The molecule has 12 heteroatoms. The van der Waals surface area contributed by atoms with Gasteiger partial charge in [-0.2, -0.15) is 4.73 Å². The molecule has 9 nitrogen and oxygen atoms in total. The molecule has 2 heterocycles. The van der Waals surface area contributed by atoms with E-state index in [0.717, 1.165) is 10.3 Å². The van der Waals surface area contributed by atoms with Crippen LogP contribution in [-0.2, 0) is 6.61 Å². The van der Waals surface area contributed by atoms with Crippen LogP contribution in [0.15, 0.2) is 84.1 Å². The first-order valence-corrected chi connectivity index (χ1v) is 14.7. The van der Waals surface area contributed by atoms with Crippen LogP contribution >= 0.6 is 35.0 Å². The van der Waals surface area contributed by atoms with Gasteiger partial charge in [0, 0.05) is 11.8 Å². The van der Waals surface area contributed by atoms with Gasteiger partial charge in [0.1, 0.15) is 42.2 Å². The van der Waals surface area contributed by atoms with E-state index in [2.05, 4.69) is 9.97 Å². The van der Waals surface area contributed by atoms with Crippen LogP contribution in [-0.4, -0.2) is 60.7 Å². The van der Waals surface area contributed by atoms with E-state index in [4.69, 9.17) is 42.8 Å². The van der Waals surface area contributed by atoms with Gasteiger partial charge in [0.05, 0.1) is 27.9 Å². The Morgan fingerprint density at radius 3 is 2.40 bits per heavy atom. The van der Waals surface area contributed by atoms with Crippen LogP contribution in [0.1, 0.15) is 5.56 Å². The summed E-state index contributed by atoms with van der Waals surface area (Å²) in [5.41, 5.74) is 3.12. The van der Waals surface area contributed by atoms with Crippen LogP contribution in [0, 0.1) is 0 Å². The minimum atomic E-state index is -1.06. The molecule has 216 valence electrons. The Labute approximate surface area is 256 Å². The Hall–Kier alpha value is -3.80. The molecule has 0 fully saturated rings. The maximum Gasteiger partial charge on any atom is 0.187 e. The van der Waals surface area contributed by atoms with E-state index in [0.29, 0.717) is 40.2 Å². The van der Waals surface area contributed by atoms with E-state index in [-0.39, 0.29) is 33.8 Å². The quantitative estimate of drug-likeness (QED) is 0.0888. The summed E-state index contributed by atoms with van der Waals surface area (Å²) in [5, 5.41) is 31.0. The molecule has 3 N–H and O–H groups in total. The van der Waals surface area contributed by atoms with Crippen molar-refractivity contribution in [3.63, 3.8) is 0 Å². The van der Waals surface area contributed by atoms with Gasteiger partial charge in [0.15, 0.2) is 11.0 Å². The van der Waals surface area contributed by atoms with Crippen molar-refractivity contribution in [3.8, 4) is 45.5 Å². The molecule has 2 aromatic heterocycles. The second-order valence-electron chi connectivity index (χ2n) is 9.08. The van der Waals surface area contributed by atoms with Crippen molar-refractivity contribution in [2.75, 3.05) is 19.5 Å². The van der Waals surface area contributed by atoms with Gasteiger partial charge < -0.3 is 24.9 Å². The molecule has 0 aliphatic carbocycles. The maximum absolute atomic E-state index is 11.5. The number of benzene rings is 3. The topological polar surface area (TPSA) is 123 Å². The number of hydrogen-bond donors (Lipinski definition) is 3. The number of rotatable bonds is 11. The number of imidazole rings is 1. The summed E-state index contributed by atoms with van der Waals surface area (Å²) >= 11 is 14.6. The van der Waals surface area contributed by atoms with Crippen LogP contribution < -0.4 is 9.47 Å². The molecule has 0 aliphatic rings. The Kier molecular flexibility index (Phi) is 9.51. The van der Waals surface area contributed by atoms with E-state index in [1.165, 1.54) is 23.9 Å². The summed E-state index contributed by atoms with van der Waals surface area (Å²) in [5.74, 6) is 0.977. The van der Waals surface area contributed by atoms with Crippen LogP contribution in [0.5, 0.6) is 11.5 Å². The third kappa shape index (κ3) is 6.64. The number of nitrogens with zero attached hydrogens (tertiary/aromatic N) is 4. The number of aliphatic hydroxyl groups is 2. The van der Waals surface area contributed by atoms with E-state index < -0.39 is 12.7 Å². The lowest BCUT2D eigenvalue weighted by atomic mass is 10.1. The van der Waals surface area contributed by atoms with Crippen LogP contribution in [0.25, 0.3) is 34.0 Å². The zero-order valence-corrected chi connectivity index (χ0v) is 24.6. The summed E-state index contributed by atoms with van der Waals surface area (Å²) in [6.45, 7) is -0.221. The lowest BCUT2D eigenvalue weighted by Crippen LogP contribution is -2.21. The Balaban J connectivity index is 1.58. The molecule has 0 saturated carbocycles. The van der Waals surface area contributed by atoms with E-state index in [1.54, 1.807) is 12.3 Å². The lowest BCUT2D eigenvalue weighted by Gasteiger charge is -2.13. The second-order valence-corrected chi connectivity index (χ2v) is 10.7. The molecular weight excluding hydrogens is 599 g/mol. The number of thioether (sulfide) groups is 1. The molecular formula is C30H26Cl2N4O5S. The van der Waals surface area contributed by atoms with Crippen molar-refractivity contribution in [2.24, 2.45) is 0 Å². The average Bonchev–Trinajstić information content (AvgIpc) is 3.35. The maximum atomic E-state index is 11.5. The average molecular weight is 626 g/mol. The lowest BCUT2D eigenvalue weighted by molar-refractivity contribution is 0.0536. The first kappa shape index (κ1) is 29.7. The molecule has 3 aromatic carbocycles. The normalized spacial score (nSPS) is 11.8. The van der Waals surface area contributed by atoms with Gasteiger partial charge in [0.2, 0.25) is 0 Å². The van der Waals surface area contributed by atoms with E-state index >= 15 is 0 Å². The van der Waals surface area contributed by atoms with Gasteiger partial charge in [-0.3, -0.25) is 0 Å². The second kappa shape index (κ2) is 13.5. The monoisotopic (exact) mass is 624 g/mol. The van der Waals surface area contributed by atoms with Gasteiger partial charge in [-0.25, -0.2) is 15.0 Å². The van der Waals surface area contributed by atoms with Crippen LogP contribution in [0.3, 0.4) is 0 Å². The molecule has 0 amide bonds. The van der Waals surface area contributed by atoms with Crippen LogP contribution in [0.2, 0.25) is 10.0 Å². The Morgan fingerprint density at radius 2 is 1.69 bits per heavy atom. The molecule has 0 saturated heterocycles. The highest BCUT2D eigenvalue weighted by atomic mass is 35.5. The van der Waals surface area contributed by atoms with Crippen molar-refractivity contribution in [2.45, 2.75) is 17.9 Å². The summed E-state index contributed by atoms with van der Waals surface area (Å²) in [6, 6.07) is 21.9. The molecule has 0 aliphatic heterocycles. The fraction of sp³-hybridized carbons (Fsp3) is 0.167. The minimum Gasteiger partial charge on any atom is -0.491 e. The fourth-order valence-corrected chi connectivity index (χ4v) is 5.13. The SMILES string of the molecule is CSc1nccc(-c2c(-c3cccc(OCc4ccccc4)c3)nc(-c3c(Cl)cc(OC[C@H](O)CO)cc3Cl)n2O)n1. The molecule has 0 radical (unpaired) electrons. The van der Waals surface area contributed by atoms with Crippen molar-refractivity contribution in [3.05, 3.63) is 94.6 Å². The van der Waals surface area contributed by atoms with E-state index in [9.17, 15) is 10.3 Å². The smallest absolute Gasteiger partial charge is 0.187 e. The van der Waals surface area contributed by atoms with Gasteiger partial charge in [-0.05, 0) is 42.2 Å². The third-order valence-electron chi connectivity index (χ3n) is 6.16. The summed E-state index contributed by atoms with van der Waals surface area (Å²) in [7, 11) is 0.